The second-order valence-corrected chi connectivity index (χ2v) is 11.3. The molecule has 0 unspecified atom stereocenters. The number of methoxy groups -OCH3 is 2. The van der Waals surface area contributed by atoms with Crippen molar-refractivity contribution in [1.29, 1.82) is 0 Å². The van der Waals surface area contributed by atoms with Crippen molar-refractivity contribution in [1.82, 2.24) is 4.57 Å². The minimum absolute atomic E-state index is 0.0195. The van der Waals surface area contributed by atoms with E-state index in [1.165, 1.54) is 35.1 Å². The number of nitrogens with zero attached hydrogens (tertiary/aromatic N) is 3. The van der Waals surface area contributed by atoms with Gasteiger partial charge in [-0.1, -0.05) is 36.8 Å². The van der Waals surface area contributed by atoms with E-state index in [9.17, 15) is 19.7 Å². The molecule has 12 heteroatoms. The maximum absolute atomic E-state index is 14.1. The first-order valence-electron chi connectivity index (χ1n) is 14.7. The van der Waals surface area contributed by atoms with Gasteiger partial charge in [0, 0.05) is 17.7 Å². The number of hydrogen-bond acceptors (Lipinski definition) is 10. The molecule has 3 aromatic carbocycles. The van der Waals surface area contributed by atoms with E-state index in [1.807, 2.05) is 19.1 Å². The Bertz CT molecular complexity index is 1960. The summed E-state index contributed by atoms with van der Waals surface area (Å²) in [7, 11) is 3.09. The first kappa shape index (κ1) is 32.2. The third-order valence-corrected chi connectivity index (χ3v) is 8.34. The lowest BCUT2D eigenvalue weighted by Crippen LogP contribution is -2.40. The second kappa shape index (κ2) is 14.2. The molecule has 1 aliphatic rings. The summed E-state index contributed by atoms with van der Waals surface area (Å²) in [4.78, 5) is 43.3. The lowest BCUT2D eigenvalue weighted by atomic mass is 9.93. The van der Waals surface area contributed by atoms with Gasteiger partial charge in [-0.15, -0.1) is 0 Å². The smallest absolute Gasteiger partial charge is 0.338 e. The van der Waals surface area contributed by atoms with Gasteiger partial charge in [0.05, 0.1) is 41.6 Å². The third kappa shape index (κ3) is 6.71. The van der Waals surface area contributed by atoms with E-state index < -0.39 is 16.9 Å². The van der Waals surface area contributed by atoms with Crippen LogP contribution in [0.25, 0.3) is 6.08 Å². The number of allylic oxidation sites excluding steroid dienone is 1. The van der Waals surface area contributed by atoms with Crippen molar-refractivity contribution >= 4 is 29.1 Å². The Morgan fingerprint density at radius 3 is 2.37 bits per heavy atom. The van der Waals surface area contributed by atoms with Crippen molar-refractivity contribution in [3.63, 3.8) is 0 Å². The Morgan fingerprint density at radius 1 is 1.02 bits per heavy atom. The summed E-state index contributed by atoms with van der Waals surface area (Å²) in [6, 6.07) is 17.8. The fourth-order valence-corrected chi connectivity index (χ4v) is 6.18. The van der Waals surface area contributed by atoms with Crippen molar-refractivity contribution in [2.45, 2.75) is 39.3 Å². The molecular weight excluding hydrogens is 610 g/mol. The van der Waals surface area contributed by atoms with Crippen LogP contribution in [0.15, 0.2) is 87.8 Å². The van der Waals surface area contributed by atoms with Crippen LogP contribution in [0.2, 0.25) is 0 Å². The van der Waals surface area contributed by atoms with Crippen LogP contribution in [0, 0.1) is 10.1 Å². The highest BCUT2D eigenvalue weighted by molar-refractivity contribution is 7.07. The van der Waals surface area contributed by atoms with Gasteiger partial charge in [0.2, 0.25) is 0 Å². The van der Waals surface area contributed by atoms with Gasteiger partial charge >= 0.3 is 5.97 Å². The van der Waals surface area contributed by atoms with Crippen LogP contribution in [0.5, 0.6) is 17.2 Å². The SMILES string of the molecule is CCCC1=C(C(=O)OCC)[C@H](c2cc(OC)ccc2OC)n2c(s/c(=C\c3ccc(OCc4ccc([N+](=O)[O-])cc4)cc3)c2=O)=N1. The standard InChI is InChI=1S/C34H33N3O8S/c1-5-7-27-30(33(39)44-6-2)31(26-19-25(42-3)16-17-28(26)43-4)36-32(38)29(46-34(36)35-27)18-21-10-14-24(15-11-21)45-20-22-8-12-23(13-9-22)37(40)41/h8-19,31H,5-7,20H2,1-4H3/b29-18-/t31-/m0/s1. The fraction of sp³-hybridized carbons (Fsp3) is 0.265. The lowest BCUT2D eigenvalue weighted by molar-refractivity contribution is -0.384. The Balaban J connectivity index is 1.54. The molecule has 46 heavy (non-hydrogen) atoms. The number of fused-ring (bicyclic) bond motifs is 1. The van der Waals surface area contributed by atoms with Crippen molar-refractivity contribution in [2.24, 2.45) is 4.99 Å². The topological polar surface area (TPSA) is 131 Å². The molecular formula is C34H33N3O8S. The van der Waals surface area contributed by atoms with Crippen LogP contribution < -0.4 is 29.1 Å². The highest BCUT2D eigenvalue weighted by Crippen LogP contribution is 2.38. The van der Waals surface area contributed by atoms with Crippen molar-refractivity contribution in [3.8, 4) is 17.2 Å². The van der Waals surface area contributed by atoms with Gasteiger partial charge in [-0.05, 0) is 73.0 Å². The first-order valence-corrected chi connectivity index (χ1v) is 15.5. The molecule has 1 atom stereocenters. The molecule has 0 saturated carbocycles. The van der Waals surface area contributed by atoms with Crippen LogP contribution >= 0.6 is 11.3 Å². The molecule has 0 aliphatic carbocycles. The summed E-state index contributed by atoms with van der Waals surface area (Å²) in [5, 5.41) is 10.9. The minimum atomic E-state index is -0.848. The molecule has 1 aromatic heterocycles. The van der Waals surface area contributed by atoms with E-state index in [2.05, 4.69) is 0 Å². The van der Waals surface area contributed by atoms with E-state index >= 15 is 0 Å². The van der Waals surface area contributed by atoms with Crippen LogP contribution in [0.1, 0.15) is 49.4 Å². The summed E-state index contributed by atoms with van der Waals surface area (Å²) < 4.78 is 24.5. The van der Waals surface area contributed by atoms with E-state index in [-0.39, 0.29) is 24.5 Å². The van der Waals surface area contributed by atoms with E-state index in [0.29, 0.717) is 49.8 Å². The lowest BCUT2D eigenvalue weighted by Gasteiger charge is -2.27. The molecule has 0 spiro atoms. The fourth-order valence-electron chi connectivity index (χ4n) is 5.16. The zero-order valence-electron chi connectivity index (χ0n) is 25.8. The predicted molar refractivity (Wildman–Crippen MR) is 173 cm³/mol. The highest BCUT2D eigenvalue weighted by Gasteiger charge is 2.36. The number of carbonyl (C=O) groups excluding carboxylic acids is 1. The quantitative estimate of drug-likeness (QED) is 0.119. The number of carbonyl (C=O) groups is 1. The minimum Gasteiger partial charge on any atom is -0.497 e. The van der Waals surface area contributed by atoms with Crippen molar-refractivity contribution in [3.05, 3.63) is 124 Å². The van der Waals surface area contributed by atoms with Crippen LogP contribution in [0.3, 0.4) is 0 Å². The Labute approximate surface area is 268 Å². The monoisotopic (exact) mass is 643 g/mol. The van der Waals surface area contributed by atoms with Crippen LogP contribution in [-0.2, 0) is 16.1 Å². The first-order chi connectivity index (χ1) is 22.3. The number of rotatable bonds is 12. The maximum Gasteiger partial charge on any atom is 0.338 e. The van der Waals surface area contributed by atoms with Gasteiger partial charge in [0.1, 0.15) is 29.9 Å². The maximum atomic E-state index is 14.1. The average molecular weight is 644 g/mol. The number of nitro benzene ring substituents is 1. The zero-order valence-corrected chi connectivity index (χ0v) is 26.7. The van der Waals surface area contributed by atoms with Gasteiger partial charge in [-0.3, -0.25) is 19.5 Å². The Morgan fingerprint density at radius 2 is 1.74 bits per heavy atom. The molecule has 11 nitrogen and oxygen atoms in total. The molecule has 0 bridgehead atoms. The highest BCUT2D eigenvalue weighted by atomic mass is 32.1. The number of ether oxygens (including phenoxy) is 4. The van der Waals surface area contributed by atoms with Gasteiger partial charge in [0.25, 0.3) is 11.2 Å². The number of hydrogen-bond donors (Lipinski definition) is 0. The van der Waals surface area contributed by atoms with Gasteiger partial charge < -0.3 is 18.9 Å². The largest absolute Gasteiger partial charge is 0.497 e. The molecule has 0 radical (unpaired) electrons. The molecule has 238 valence electrons. The molecule has 0 saturated heterocycles. The van der Waals surface area contributed by atoms with Crippen molar-refractivity contribution < 1.29 is 28.7 Å². The number of benzene rings is 3. The van der Waals surface area contributed by atoms with Crippen molar-refractivity contribution in [2.75, 3.05) is 20.8 Å². The summed E-state index contributed by atoms with van der Waals surface area (Å²) in [6.45, 7) is 4.15. The number of non-ortho nitro benzene ring substituents is 1. The number of aromatic nitrogens is 1. The summed E-state index contributed by atoms with van der Waals surface area (Å²) in [5.41, 5.74) is 2.71. The second-order valence-electron chi connectivity index (χ2n) is 10.3. The van der Waals surface area contributed by atoms with Crippen LogP contribution in [0.4, 0.5) is 5.69 Å². The molecule has 0 N–H and O–H groups in total. The van der Waals surface area contributed by atoms with E-state index in [4.69, 9.17) is 23.9 Å². The summed E-state index contributed by atoms with van der Waals surface area (Å²) in [5.74, 6) is 1.10. The van der Waals surface area contributed by atoms with E-state index in [1.54, 1.807) is 62.6 Å². The molecule has 0 amide bonds. The normalized spacial score (nSPS) is 14.3. The predicted octanol–water partition coefficient (Wildman–Crippen LogP) is 5.08. The van der Waals surface area contributed by atoms with Gasteiger partial charge in [0.15, 0.2) is 4.80 Å². The molecule has 1 aliphatic heterocycles. The molecule has 5 rings (SSSR count). The number of nitro groups is 1. The number of esters is 1. The summed E-state index contributed by atoms with van der Waals surface area (Å²) in [6.07, 6.45) is 3.03. The Hall–Kier alpha value is -5.23. The molecule has 4 aromatic rings. The van der Waals surface area contributed by atoms with Crippen LogP contribution in [-0.4, -0.2) is 36.3 Å². The third-order valence-electron chi connectivity index (χ3n) is 7.35. The summed E-state index contributed by atoms with van der Waals surface area (Å²) >= 11 is 1.24. The molecule has 0 fully saturated rings. The molecule has 2 heterocycles. The van der Waals surface area contributed by atoms with Gasteiger partial charge in [-0.2, -0.15) is 0 Å². The Kier molecular flexibility index (Phi) is 9.97. The van der Waals surface area contributed by atoms with Gasteiger partial charge in [-0.25, -0.2) is 9.79 Å². The van der Waals surface area contributed by atoms with E-state index in [0.717, 1.165) is 17.5 Å². The average Bonchev–Trinajstić information content (AvgIpc) is 3.37. The zero-order chi connectivity index (χ0) is 32.8. The number of thiazole rings is 1.